The molecule has 1 heterocycles. The van der Waals surface area contributed by atoms with E-state index in [9.17, 15) is 8.78 Å². The first kappa shape index (κ1) is 13.7. The molecule has 19 heavy (non-hydrogen) atoms. The molecule has 0 aliphatic carbocycles. The van der Waals surface area contributed by atoms with Crippen LogP contribution in [0.25, 0.3) is 0 Å². The summed E-state index contributed by atoms with van der Waals surface area (Å²) >= 11 is 0. The van der Waals surface area contributed by atoms with Crippen molar-refractivity contribution in [3.63, 3.8) is 0 Å². The van der Waals surface area contributed by atoms with Crippen LogP contribution in [0.1, 0.15) is 18.4 Å². The highest BCUT2D eigenvalue weighted by molar-refractivity contribution is 5.85. The Morgan fingerprint density at radius 2 is 2.11 bits per heavy atom. The average Bonchev–Trinajstić information content (AvgIpc) is 2.86. The Balaban J connectivity index is 2.12. The fraction of sp³-hybridized carbons (Fsp3) is 0.462. The van der Waals surface area contributed by atoms with E-state index in [1.807, 2.05) is 0 Å². The molecule has 104 valence electrons. The Morgan fingerprint density at radius 3 is 2.74 bits per heavy atom. The number of likely N-dealkylation sites (tertiary alicyclic amines) is 1. The molecule has 0 aromatic heterocycles. The van der Waals surface area contributed by atoms with E-state index in [1.54, 1.807) is 23.1 Å². The van der Waals surface area contributed by atoms with Gasteiger partial charge in [0.05, 0.1) is 12.6 Å². The molecule has 1 atom stereocenters. The highest BCUT2D eigenvalue weighted by Crippen LogP contribution is 2.31. The first-order valence-corrected chi connectivity index (χ1v) is 6.19. The summed E-state index contributed by atoms with van der Waals surface area (Å²) in [4.78, 5) is 1.57. The first-order valence-electron chi connectivity index (χ1n) is 6.19. The summed E-state index contributed by atoms with van der Waals surface area (Å²) in [5.41, 5.74) is 5.53. The molecule has 1 aliphatic heterocycles. The van der Waals surface area contributed by atoms with Crippen molar-refractivity contribution in [1.82, 2.24) is 4.90 Å². The monoisotopic (exact) mass is 269 g/mol. The van der Waals surface area contributed by atoms with Gasteiger partial charge < -0.3 is 10.9 Å². The van der Waals surface area contributed by atoms with Crippen molar-refractivity contribution < 1.29 is 14.0 Å². The maximum atomic E-state index is 14.2. The molecule has 2 rings (SSSR count). The van der Waals surface area contributed by atoms with Crippen molar-refractivity contribution in [2.75, 3.05) is 13.1 Å². The zero-order chi connectivity index (χ0) is 13.9. The number of benzene rings is 1. The third-order valence-electron chi connectivity index (χ3n) is 3.42. The number of oxime groups is 1. The number of nitrogens with two attached hydrogens (primary N) is 1. The van der Waals surface area contributed by atoms with Gasteiger partial charge in [-0.1, -0.05) is 35.5 Å². The van der Waals surface area contributed by atoms with Crippen LogP contribution in [0.5, 0.6) is 0 Å². The summed E-state index contributed by atoms with van der Waals surface area (Å²) in [7, 11) is 0. The van der Waals surface area contributed by atoms with Crippen molar-refractivity contribution in [1.29, 1.82) is 0 Å². The van der Waals surface area contributed by atoms with Gasteiger partial charge in [-0.25, -0.2) is 0 Å². The maximum absolute atomic E-state index is 14.2. The van der Waals surface area contributed by atoms with E-state index >= 15 is 0 Å². The minimum atomic E-state index is -2.94. The second kappa shape index (κ2) is 5.52. The van der Waals surface area contributed by atoms with E-state index in [1.165, 1.54) is 12.1 Å². The molecule has 1 fully saturated rings. The van der Waals surface area contributed by atoms with Gasteiger partial charge in [-0.3, -0.25) is 4.90 Å². The van der Waals surface area contributed by atoms with Gasteiger partial charge in [0.2, 0.25) is 0 Å². The molecule has 4 nitrogen and oxygen atoms in total. The van der Waals surface area contributed by atoms with Crippen molar-refractivity contribution >= 4 is 5.84 Å². The number of hydrogen-bond donors (Lipinski definition) is 2. The summed E-state index contributed by atoms with van der Waals surface area (Å²) in [6, 6.07) is 7.31. The zero-order valence-corrected chi connectivity index (χ0v) is 10.5. The van der Waals surface area contributed by atoms with Crippen LogP contribution in [-0.4, -0.2) is 35.1 Å². The van der Waals surface area contributed by atoms with Gasteiger partial charge in [0.1, 0.15) is 0 Å². The fourth-order valence-corrected chi connectivity index (χ4v) is 2.45. The predicted molar refractivity (Wildman–Crippen MR) is 68.3 cm³/mol. The van der Waals surface area contributed by atoms with E-state index in [0.29, 0.717) is 13.0 Å². The van der Waals surface area contributed by atoms with Crippen molar-refractivity contribution in [3.05, 3.63) is 35.9 Å². The molecule has 1 saturated heterocycles. The molecular weight excluding hydrogens is 252 g/mol. The van der Waals surface area contributed by atoms with Gasteiger partial charge in [0.25, 0.3) is 5.92 Å². The molecular formula is C13H17F2N3O. The van der Waals surface area contributed by atoms with Crippen molar-refractivity contribution in [3.8, 4) is 0 Å². The van der Waals surface area contributed by atoms with Crippen LogP contribution in [-0.2, 0) is 5.92 Å². The lowest BCUT2D eigenvalue weighted by molar-refractivity contribution is -0.0365. The Bertz CT molecular complexity index is 450. The fourth-order valence-electron chi connectivity index (χ4n) is 2.45. The minimum Gasteiger partial charge on any atom is -0.409 e. The molecule has 1 unspecified atom stereocenters. The Hall–Kier alpha value is -1.69. The average molecular weight is 269 g/mol. The molecule has 0 radical (unpaired) electrons. The topological polar surface area (TPSA) is 61.9 Å². The molecule has 3 N–H and O–H groups in total. The van der Waals surface area contributed by atoms with E-state index < -0.39 is 18.5 Å². The molecule has 0 amide bonds. The lowest BCUT2D eigenvalue weighted by Crippen LogP contribution is -2.45. The highest BCUT2D eigenvalue weighted by atomic mass is 19.3. The van der Waals surface area contributed by atoms with E-state index in [4.69, 9.17) is 10.9 Å². The second-order valence-corrected chi connectivity index (χ2v) is 4.72. The number of alkyl halides is 2. The lowest BCUT2D eigenvalue weighted by atomic mass is 10.1. The van der Waals surface area contributed by atoms with Gasteiger partial charge in [0.15, 0.2) is 5.84 Å². The molecule has 1 aromatic carbocycles. The number of nitrogens with zero attached hydrogens (tertiary/aromatic N) is 2. The Labute approximate surface area is 110 Å². The van der Waals surface area contributed by atoms with Crippen LogP contribution < -0.4 is 5.73 Å². The van der Waals surface area contributed by atoms with Gasteiger partial charge in [0, 0.05) is 5.56 Å². The molecule has 6 heteroatoms. The van der Waals surface area contributed by atoms with E-state index in [0.717, 1.165) is 6.42 Å². The smallest absolute Gasteiger partial charge is 0.285 e. The number of rotatable bonds is 4. The van der Waals surface area contributed by atoms with Crippen LogP contribution in [0.2, 0.25) is 0 Å². The summed E-state index contributed by atoms with van der Waals surface area (Å²) < 4.78 is 28.3. The summed E-state index contributed by atoms with van der Waals surface area (Å²) in [6.45, 7) is 0.112. The van der Waals surface area contributed by atoms with Gasteiger partial charge in [-0.15, -0.1) is 0 Å². The summed E-state index contributed by atoms with van der Waals surface area (Å²) in [5, 5.41) is 11.6. The summed E-state index contributed by atoms with van der Waals surface area (Å²) in [6.07, 6.45) is 1.41. The molecule has 1 aliphatic rings. The minimum absolute atomic E-state index is 0.00126. The van der Waals surface area contributed by atoms with Crippen LogP contribution in [0.15, 0.2) is 35.5 Å². The summed E-state index contributed by atoms with van der Waals surface area (Å²) in [5.74, 6) is -2.94. The zero-order valence-electron chi connectivity index (χ0n) is 10.5. The Morgan fingerprint density at radius 1 is 1.42 bits per heavy atom. The van der Waals surface area contributed by atoms with Gasteiger partial charge in [-0.2, -0.15) is 8.78 Å². The van der Waals surface area contributed by atoms with Crippen LogP contribution >= 0.6 is 0 Å². The largest absolute Gasteiger partial charge is 0.409 e. The second-order valence-electron chi connectivity index (χ2n) is 4.72. The molecule has 0 bridgehead atoms. The third kappa shape index (κ3) is 3.01. The first-order chi connectivity index (χ1) is 9.04. The number of amidine groups is 1. The third-order valence-corrected chi connectivity index (χ3v) is 3.42. The Kier molecular flexibility index (Phi) is 3.99. The number of halogens is 2. The van der Waals surface area contributed by atoms with Crippen molar-refractivity contribution in [2.24, 2.45) is 10.9 Å². The van der Waals surface area contributed by atoms with Gasteiger partial charge in [-0.05, 0) is 19.4 Å². The quantitative estimate of drug-likeness (QED) is 0.380. The molecule has 0 spiro atoms. The van der Waals surface area contributed by atoms with Crippen LogP contribution in [0.3, 0.4) is 0 Å². The number of hydrogen-bond acceptors (Lipinski definition) is 3. The lowest BCUT2D eigenvalue weighted by Gasteiger charge is -2.28. The molecule has 0 saturated carbocycles. The van der Waals surface area contributed by atoms with Crippen molar-refractivity contribution in [2.45, 2.75) is 24.8 Å². The van der Waals surface area contributed by atoms with Crippen LogP contribution in [0, 0.1) is 0 Å². The SMILES string of the molecule is N/C(=N/O)C1CCCN1CC(F)(F)c1ccccc1. The maximum Gasteiger partial charge on any atom is 0.285 e. The van der Waals surface area contributed by atoms with E-state index in [-0.39, 0.29) is 11.4 Å². The predicted octanol–water partition coefficient (Wildman–Crippen LogP) is 1.99. The van der Waals surface area contributed by atoms with E-state index in [2.05, 4.69) is 5.16 Å². The van der Waals surface area contributed by atoms with Crippen LogP contribution in [0.4, 0.5) is 8.78 Å². The highest BCUT2D eigenvalue weighted by Gasteiger charge is 2.39. The standard InChI is InChI=1S/C13H17F2N3O/c14-13(15,10-5-2-1-3-6-10)9-18-8-4-7-11(18)12(16)17-19/h1-3,5-6,11,19H,4,7-9H2,(H2,16,17). The molecule has 1 aromatic rings. The van der Waals surface area contributed by atoms with Gasteiger partial charge >= 0.3 is 0 Å². The normalized spacial score (nSPS) is 21.8.